The Balaban J connectivity index is 2.14. The van der Waals surface area contributed by atoms with Crippen LogP contribution in [0, 0.1) is 5.92 Å². The number of carboxylic acid groups (broad SMARTS) is 1. The zero-order valence-electron chi connectivity index (χ0n) is 12.4. The third kappa shape index (κ3) is 3.45. The molecule has 1 aliphatic carbocycles. The first-order chi connectivity index (χ1) is 9.93. The molecule has 0 saturated heterocycles. The summed E-state index contributed by atoms with van der Waals surface area (Å²) < 4.78 is 5.00. The number of urea groups is 1. The molecule has 0 radical (unpaired) electrons. The lowest BCUT2D eigenvalue weighted by molar-refractivity contribution is 0.0697. The van der Waals surface area contributed by atoms with E-state index in [0.717, 1.165) is 12.8 Å². The summed E-state index contributed by atoms with van der Waals surface area (Å²) >= 11 is 0. The van der Waals surface area contributed by atoms with E-state index in [1.165, 1.54) is 19.2 Å². The maximum atomic E-state index is 12.2. The van der Waals surface area contributed by atoms with Crippen molar-refractivity contribution in [2.24, 2.45) is 5.92 Å². The van der Waals surface area contributed by atoms with E-state index < -0.39 is 5.97 Å². The van der Waals surface area contributed by atoms with Crippen molar-refractivity contribution in [3.8, 4) is 5.75 Å². The van der Waals surface area contributed by atoms with Gasteiger partial charge in [0.25, 0.3) is 0 Å². The van der Waals surface area contributed by atoms with Crippen molar-refractivity contribution in [1.29, 1.82) is 0 Å². The number of carbonyl (C=O) groups is 2. The molecule has 1 saturated carbocycles. The van der Waals surface area contributed by atoms with Crippen LogP contribution < -0.4 is 10.1 Å². The highest BCUT2D eigenvalue weighted by Crippen LogP contribution is 2.35. The van der Waals surface area contributed by atoms with Gasteiger partial charge in [-0.1, -0.05) is 0 Å². The summed E-state index contributed by atoms with van der Waals surface area (Å²) in [6, 6.07) is 4.39. The molecule has 0 aromatic heterocycles. The molecule has 0 aliphatic heterocycles. The number of nitrogens with zero attached hydrogens (tertiary/aromatic N) is 1. The number of amides is 2. The first kappa shape index (κ1) is 15.2. The number of carboxylic acids is 1. The number of hydrogen-bond donors (Lipinski definition) is 2. The maximum Gasteiger partial charge on any atom is 0.337 e. The van der Waals surface area contributed by atoms with Crippen molar-refractivity contribution in [1.82, 2.24) is 4.90 Å². The van der Waals surface area contributed by atoms with Gasteiger partial charge in [0.15, 0.2) is 0 Å². The molecular formula is C15H20N2O4. The van der Waals surface area contributed by atoms with Gasteiger partial charge in [0.05, 0.1) is 18.4 Å². The molecule has 21 heavy (non-hydrogen) atoms. The molecule has 1 aromatic carbocycles. The zero-order chi connectivity index (χ0) is 15.6. The number of ether oxygens (including phenoxy) is 1. The fraction of sp³-hybridized carbons (Fsp3) is 0.467. The molecule has 6 nitrogen and oxygen atoms in total. The predicted octanol–water partition coefficient (Wildman–Crippen LogP) is 2.66. The monoisotopic (exact) mass is 292 g/mol. The molecule has 6 heteroatoms. The zero-order valence-corrected chi connectivity index (χ0v) is 12.4. The summed E-state index contributed by atoms with van der Waals surface area (Å²) in [5.41, 5.74) is 0.276. The Morgan fingerprint density at radius 3 is 2.62 bits per heavy atom. The van der Waals surface area contributed by atoms with Crippen molar-refractivity contribution in [2.75, 3.05) is 19.5 Å². The highest BCUT2D eigenvalue weighted by molar-refractivity contribution is 6.00. The van der Waals surface area contributed by atoms with Crippen LogP contribution in [-0.2, 0) is 0 Å². The van der Waals surface area contributed by atoms with E-state index in [1.807, 2.05) is 6.92 Å². The van der Waals surface area contributed by atoms with Gasteiger partial charge in [-0.15, -0.1) is 0 Å². The van der Waals surface area contributed by atoms with Gasteiger partial charge in [0.1, 0.15) is 5.75 Å². The molecule has 2 N–H and O–H groups in total. The number of carbonyl (C=O) groups excluding carboxylic acids is 1. The van der Waals surface area contributed by atoms with Gasteiger partial charge >= 0.3 is 12.0 Å². The number of methoxy groups -OCH3 is 1. The Morgan fingerprint density at radius 2 is 2.10 bits per heavy atom. The van der Waals surface area contributed by atoms with E-state index in [2.05, 4.69) is 5.32 Å². The molecule has 1 unspecified atom stereocenters. The first-order valence-electron chi connectivity index (χ1n) is 6.89. The smallest absolute Gasteiger partial charge is 0.337 e. The van der Waals surface area contributed by atoms with Crippen molar-refractivity contribution in [2.45, 2.75) is 25.8 Å². The summed E-state index contributed by atoms with van der Waals surface area (Å²) in [6.07, 6.45) is 2.28. The normalized spacial score (nSPS) is 15.2. The minimum absolute atomic E-state index is 0.00942. The van der Waals surface area contributed by atoms with Gasteiger partial charge in [0.2, 0.25) is 0 Å². The van der Waals surface area contributed by atoms with E-state index in [4.69, 9.17) is 4.74 Å². The third-order valence-corrected chi connectivity index (χ3v) is 3.93. The Hall–Kier alpha value is -2.24. The van der Waals surface area contributed by atoms with Crippen LogP contribution in [0.1, 0.15) is 30.1 Å². The lowest BCUT2D eigenvalue weighted by atomic mass is 10.1. The molecule has 0 spiro atoms. The number of nitrogens with one attached hydrogen (secondary N) is 1. The van der Waals surface area contributed by atoms with E-state index >= 15 is 0 Å². The third-order valence-electron chi connectivity index (χ3n) is 3.93. The lowest BCUT2D eigenvalue weighted by Crippen LogP contribution is -2.39. The summed E-state index contributed by atoms with van der Waals surface area (Å²) in [6.45, 7) is 2.00. The molecule has 1 aliphatic rings. The standard InChI is InChI=1S/C15H20N2O4/c1-9(10-4-5-10)17(2)15(20)16-13-7-6-11(21-3)8-12(13)14(18)19/h6-10H,4-5H2,1-3H3,(H,16,20)(H,18,19). The van der Waals surface area contributed by atoms with Crippen LogP contribution in [0.3, 0.4) is 0 Å². The second-order valence-electron chi connectivity index (χ2n) is 5.34. The summed E-state index contributed by atoms with van der Waals surface area (Å²) in [7, 11) is 3.19. The van der Waals surface area contributed by atoms with E-state index in [9.17, 15) is 14.7 Å². The van der Waals surface area contributed by atoms with Crippen LogP contribution in [-0.4, -0.2) is 42.2 Å². The van der Waals surface area contributed by atoms with Crippen molar-refractivity contribution < 1.29 is 19.4 Å². The van der Waals surface area contributed by atoms with Crippen molar-refractivity contribution >= 4 is 17.7 Å². The molecule has 2 amide bonds. The fourth-order valence-electron chi connectivity index (χ4n) is 2.22. The number of anilines is 1. The Morgan fingerprint density at radius 1 is 1.43 bits per heavy atom. The second-order valence-corrected chi connectivity index (χ2v) is 5.34. The Bertz CT molecular complexity index is 555. The minimum atomic E-state index is -1.11. The van der Waals surface area contributed by atoms with Crippen LogP contribution in [0.25, 0.3) is 0 Å². The van der Waals surface area contributed by atoms with Gasteiger partial charge in [-0.05, 0) is 43.9 Å². The largest absolute Gasteiger partial charge is 0.497 e. The molecule has 0 bridgehead atoms. The average molecular weight is 292 g/mol. The second kappa shape index (κ2) is 6.03. The molecule has 0 heterocycles. The van der Waals surface area contributed by atoms with Crippen LogP contribution in [0.4, 0.5) is 10.5 Å². The van der Waals surface area contributed by atoms with Crippen LogP contribution in [0.5, 0.6) is 5.75 Å². The van der Waals surface area contributed by atoms with E-state index in [1.54, 1.807) is 18.0 Å². The molecule has 1 atom stereocenters. The molecule has 114 valence electrons. The minimum Gasteiger partial charge on any atom is -0.497 e. The summed E-state index contributed by atoms with van der Waals surface area (Å²) in [5, 5.41) is 11.9. The molecule has 1 aromatic rings. The fourth-order valence-corrected chi connectivity index (χ4v) is 2.22. The molecule has 2 rings (SSSR count). The number of hydrogen-bond acceptors (Lipinski definition) is 3. The highest BCUT2D eigenvalue weighted by Gasteiger charge is 2.32. The van der Waals surface area contributed by atoms with Gasteiger partial charge in [-0.2, -0.15) is 0 Å². The quantitative estimate of drug-likeness (QED) is 0.874. The number of benzene rings is 1. The first-order valence-corrected chi connectivity index (χ1v) is 6.89. The predicted molar refractivity (Wildman–Crippen MR) is 78.9 cm³/mol. The summed E-state index contributed by atoms with van der Waals surface area (Å²) in [5.74, 6) is -0.122. The molecular weight excluding hydrogens is 272 g/mol. The van der Waals surface area contributed by atoms with Crippen LogP contribution in [0.15, 0.2) is 18.2 Å². The lowest BCUT2D eigenvalue weighted by Gasteiger charge is -2.25. The number of aromatic carboxylic acids is 1. The van der Waals surface area contributed by atoms with Crippen LogP contribution >= 0.6 is 0 Å². The van der Waals surface area contributed by atoms with E-state index in [-0.39, 0.29) is 23.3 Å². The molecule has 1 fully saturated rings. The van der Waals surface area contributed by atoms with Gasteiger partial charge in [-0.3, -0.25) is 0 Å². The topological polar surface area (TPSA) is 78.9 Å². The average Bonchev–Trinajstić information content (AvgIpc) is 3.30. The maximum absolute atomic E-state index is 12.2. The van der Waals surface area contributed by atoms with Crippen molar-refractivity contribution in [3.05, 3.63) is 23.8 Å². The summed E-state index contributed by atoms with van der Waals surface area (Å²) in [4.78, 5) is 25.1. The highest BCUT2D eigenvalue weighted by atomic mass is 16.5. The van der Waals surface area contributed by atoms with Crippen molar-refractivity contribution in [3.63, 3.8) is 0 Å². The van der Waals surface area contributed by atoms with Gasteiger partial charge in [-0.25, -0.2) is 9.59 Å². The Kier molecular flexibility index (Phi) is 4.35. The van der Waals surface area contributed by atoms with Gasteiger partial charge in [0, 0.05) is 13.1 Å². The van der Waals surface area contributed by atoms with E-state index in [0.29, 0.717) is 11.7 Å². The Labute approximate surface area is 123 Å². The van der Waals surface area contributed by atoms with Gasteiger partial charge < -0.3 is 20.1 Å². The number of rotatable bonds is 5. The van der Waals surface area contributed by atoms with Crippen LogP contribution in [0.2, 0.25) is 0 Å². The SMILES string of the molecule is COc1ccc(NC(=O)N(C)C(C)C2CC2)c(C(=O)O)c1.